The first-order valence-electron chi connectivity index (χ1n) is 7.45. The molecule has 3 N–H and O–H groups in total. The molecule has 23 heavy (non-hydrogen) atoms. The zero-order valence-corrected chi connectivity index (χ0v) is 12.5. The molecule has 0 bridgehead atoms. The van der Waals surface area contributed by atoms with E-state index in [4.69, 9.17) is 0 Å². The third-order valence-corrected chi connectivity index (χ3v) is 3.53. The van der Waals surface area contributed by atoms with Gasteiger partial charge in [-0.15, -0.1) is 0 Å². The first kappa shape index (κ1) is 15.0. The number of hydrogen-bond donors (Lipinski definition) is 3. The summed E-state index contributed by atoms with van der Waals surface area (Å²) in [6.07, 6.45) is 2.92. The third-order valence-electron chi connectivity index (χ3n) is 3.53. The van der Waals surface area contributed by atoms with Gasteiger partial charge in [0.2, 0.25) is 5.91 Å². The number of aryl methyl sites for hydroxylation is 1. The number of nitrogens with zero attached hydrogens (tertiary/aromatic N) is 2. The minimum atomic E-state index is -0.242. The maximum absolute atomic E-state index is 12.0. The lowest BCUT2D eigenvalue weighted by Crippen LogP contribution is -2.27. The quantitative estimate of drug-likeness (QED) is 0.630. The number of H-pyrrole nitrogens is 2. The molecule has 0 unspecified atom stereocenters. The van der Waals surface area contributed by atoms with Crippen molar-refractivity contribution < 1.29 is 4.79 Å². The van der Waals surface area contributed by atoms with Gasteiger partial charge in [-0.25, -0.2) is 4.98 Å². The molecule has 0 aliphatic carbocycles. The minimum absolute atomic E-state index is 0.0983. The van der Waals surface area contributed by atoms with E-state index in [1.807, 2.05) is 24.3 Å². The van der Waals surface area contributed by atoms with Crippen LogP contribution in [-0.4, -0.2) is 32.6 Å². The third kappa shape index (κ3) is 3.82. The molecule has 118 valence electrons. The van der Waals surface area contributed by atoms with Crippen LogP contribution in [0.4, 0.5) is 0 Å². The molecule has 0 saturated carbocycles. The highest BCUT2D eigenvalue weighted by Crippen LogP contribution is 2.06. The number of carbonyl (C=O) groups excluding carboxylic acids is 1. The van der Waals surface area contributed by atoms with Gasteiger partial charge in [-0.1, -0.05) is 12.1 Å². The number of benzene rings is 1. The van der Waals surface area contributed by atoms with Crippen LogP contribution < -0.4 is 10.9 Å². The highest BCUT2D eigenvalue weighted by molar-refractivity contribution is 5.76. The molecule has 0 saturated heterocycles. The molecule has 0 fully saturated rings. The minimum Gasteiger partial charge on any atom is -0.356 e. The molecule has 0 atom stereocenters. The Morgan fingerprint density at radius 3 is 2.87 bits per heavy atom. The Balaban J connectivity index is 1.54. The Bertz CT molecular complexity index is 854. The maximum Gasteiger partial charge on any atom is 0.270 e. The van der Waals surface area contributed by atoms with Crippen LogP contribution in [0.5, 0.6) is 0 Å². The van der Waals surface area contributed by atoms with Gasteiger partial charge in [0.15, 0.2) is 0 Å². The maximum atomic E-state index is 12.0. The van der Waals surface area contributed by atoms with Gasteiger partial charge in [-0.05, 0) is 18.2 Å². The number of rotatable bonds is 6. The van der Waals surface area contributed by atoms with Gasteiger partial charge in [-0.3, -0.25) is 14.7 Å². The average Bonchev–Trinajstić information content (AvgIpc) is 3.06. The molecule has 3 rings (SSSR count). The lowest BCUT2D eigenvalue weighted by atomic mass is 10.2. The fraction of sp³-hybridized carbons (Fsp3) is 0.250. The van der Waals surface area contributed by atoms with E-state index in [1.54, 1.807) is 12.3 Å². The fourth-order valence-electron chi connectivity index (χ4n) is 2.32. The molecular formula is C16H17N5O2. The zero-order valence-electron chi connectivity index (χ0n) is 12.5. The van der Waals surface area contributed by atoms with Crippen LogP contribution >= 0.6 is 0 Å². The van der Waals surface area contributed by atoms with E-state index in [-0.39, 0.29) is 17.9 Å². The van der Waals surface area contributed by atoms with Crippen molar-refractivity contribution in [1.82, 2.24) is 25.5 Å². The Morgan fingerprint density at radius 1 is 1.17 bits per heavy atom. The van der Waals surface area contributed by atoms with Crippen LogP contribution in [0.25, 0.3) is 11.0 Å². The van der Waals surface area contributed by atoms with E-state index < -0.39 is 0 Å². The normalized spacial score (nSPS) is 10.8. The average molecular weight is 311 g/mol. The molecule has 2 heterocycles. The standard InChI is InChI=1S/C16H17N5O2/c22-15(17-9-7-11-8-10-18-21-11)6-5-14-16(23)20-13-4-2-1-3-12(13)19-14/h1-4,8,10H,5-7,9H2,(H,17,22)(H,18,21)(H,20,23). The number of aromatic amines is 2. The predicted octanol–water partition coefficient (Wildman–Crippen LogP) is 0.938. The van der Waals surface area contributed by atoms with Crippen LogP contribution in [0.1, 0.15) is 17.8 Å². The number of amides is 1. The van der Waals surface area contributed by atoms with Crippen LogP contribution in [0.3, 0.4) is 0 Å². The van der Waals surface area contributed by atoms with Crippen LogP contribution in [0, 0.1) is 0 Å². The smallest absolute Gasteiger partial charge is 0.270 e. The molecule has 7 nitrogen and oxygen atoms in total. The first-order valence-corrected chi connectivity index (χ1v) is 7.45. The van der Waals surface area contributed by atoms with E-state index in [0.717, 1.165) is 11.2 Å². The summed E-state index contributed by atoms with van der Waals surface area (Å²) >= 11 is 0. The summed E-state index contributed by atoms with van der Waals surface area (Å²) < 4.78 is 0. The number of aromatic nitrogens is 4. The highest BCUT2D eigenvalue weighted by Gasteiger charge is 2.08. The summed E-state index contributed by atoms with van der Waals surface area (Å²) in [5.41, 5.74) is 2.53. The second-order valence-corrected chi connectivity index (χ2v) is 5.21. The number of carbonyl (C=O) groups is 1. The summed E-state index contributed by atoms with van der Waals surface area (Å²) in [5, 5.41) is 9.50. The molecule has 7 heteroatoms. The zero-order chi connectivity index (χ0) is 16.1. The van der Waals surface area contributed by atoms with Gasteiger partial charge in [0.1, 0.15) is 5.69 Å². The van der Waals surface area contributed by atoms with E-state index in [2.05, 4.69) is 25.5 Å². The number of nitrogens with one attached hydrogen (secondary N) is 3. The predicted molar refractivity (Wildman–Crippen MR) is 86.0 cm³/mol. The van der Waals surface area contributed by atoms with Gasteiger partial charge in [-0.2, -0.15) is 5.10 Å². The fourth-order valence-corrected chi connectivity index (χ4v) is 2.32. The topological polar surface area (TPSA) is 104 Å². The summed E-state index contributed by atoms with van der Waals surface area (Å²) in [6, 6.07) is 9.20. The van der Waals surface area contributed by atoms with Gasteiger partial charge in [0, 0.05) is 37.7 Å². The summed E-state index contributed by atoms with van der Waals surface area (Å²) in [6.45, 7) is 0.530. The van der Waals surface area contributed by atoms with Crippen LogP contribution in [-0.2, 0) is 17.6 Å². The second kappa shape index (κ2) is 6.87. The largest absolute Gasteiger partial charge is 0.356 e. The molecular weight excluding hydrogens is 294 g/mol. The first-order chi connectivity index (χ1) is 11.2. The molecule has 0 aliphatic heterocycles. The molecule has 0 radical (unpaired) electrons. The van der Waals surface area contributed by atoms with Crippen molar-refractivity contribution in [3.05, 3.63) is 58.3 Å². The summed E-state index contributed by atoms with van der Waals surface area (Å²) in [7, 11) is 0. The number of hydrogen-bond acceptors (Lipinski definition) is 4. The Hall–Kier alpha value is -2.96. The van der Waals surface area contributed by atoms with Crippen molar-refractivity contribution in [3.8, 4) is 0 Å². The van der Waals surface area contributed by atoms with E-state index in [0.29, 0.717) is 30.6 Å². The second-order valence-electron chi connectivity index (χ2n) is 5.21. The van der Waals surface area contributed by atoms with Crippen molar-refractivity contribution in [3.63, 3.8) is 0 Å². The van der Waals surface area contributed by atoms with Crippen LogP contribution in [0.2, 0.25) is 0 Å². The van der Waals surface area contributed by atoms with Crippen molar-refractivity contribution >= 4 is 16.9 Å². The lowest BCUT2D eigenvalue weighted by molar-refractivity contribution is -0.121. The Morgan fingerprint density at radius 2 is 2.04 bits per heavy atom. The van der Waals surface area contributed by atoms with Crippen molar-refractivity contribution in [2.45, 2.75) is 19.3 Å². The monoisotopic (exact) mass is 311 g/mol. The molecule has 0 spiro atoms. The van der Waals surface area contributed by atoms with Crippen LogP contribution in [0.15, 0.2) is 41.3 Å². The highest BCUT2D eigenvalue weighted by atomic mass is 16.1. The van der Waals surface area contributed by atoms with Gasteiger partial charge < -0.3 is 10.3 Å². The molecule has 0 aliphatic rings. The van der Waals surface area contributed by atoms with Gasteiger partial charge in [0.25, 0.3) is 5.56 Å². The molecule has 2 aromatic heterocycles. The van der Waals surface area contributed by atoms with Crippen molar-refractivity contribution in [2.75, 3.05) is 6.54 Å². The van der Waals surface area contributed by atoms with Crippen molar-refractivity contribution in [1.29, 1.82) is 0 Å². The van der Waals surface area contributed by atoms with E-state index in [1.165, 1.54) is 0 Å². The van der Waals surface area contributed by atoms with E-state index in [9.17, 15) is 9.59 Å². The Kier molecular flexibility index (Phi) is 4.46. The Labute approximate surface area is 132 Å². The lowest BCUT2D eigenvalue weighted by Gasteiger charge is -2.05. The SMILES string of the molecule is O=C(CCc1nc2ccccc2[nH]c1=O)NCCc1ccn[nH]1. The number of para-hydroxylation sites is 2. The van der Waals surface area contributed by atoms with E-state index >= 15 is 0 Å². The van der Waals surface area contributed by atoms with Crippen molar-refractivity contribution in [2.24, 2.45) is 0 Å². The molecule has 1 aromatic carbocycles. The molecule has 1 amide bonds. The number of fused-ring (bicyclic) bond motifs is 1. The summed E-state index contributed by atoms with van der Waals surface area (Å²) in [5.74, 6) is -0.0983. The van der Waals surface area contributed by atoms with Gasteiger partial charge >= 0.3 is 0 Å². The van der Waals surface area contributed by atoms with Gasteiger partial charge in [0.05, 0.1) is 11.0 Å². The summed E-state index contributed by atoms with van der Waals surface area (Å²) in [4.78, 5) is 30.9. The molecule has 3 aromatic rings.